The maximum absolute atomic E-state index is 12.7. The van der Waals surface area contributed by atoms with Gasteiger partial charge in [0.2, 0.25) is 5.91 Å². The molecule has 1 aromatic rings. The van der Waals surface area contributed by atoms with Gasteiger partial charge in [0, 0.05) is 12.3 Å². The molecule has 2 rings (SSSR count). The van der Waals surface area contributed by atoms with Gasteiger partial charge in [-0.3, -0.25) is 4.79 Å². The van der Waals surface area contributed by atoms with Crippen LogP contribution in [0.3, 0.4) is 0 Å². The predicted molar refractivity (Wildman–Crippen MR) is 86.4 cm³/mol. The first-order chi connectivity index (χ1) is 9.44. The van der Waals surface area contributed by atoms with E-state index in [1.165, 1.54) is 5.56 Å². The van der Waals surface area contributed by atoms with Crippen LogP contribution in [-0.2, 0) is 9.53 Å². The molecule has 0 bridgehead atoms. The molecule has 1 aliphatic rings. The Morgan fingerprint density at radius 3 is 2.90 bits per heavy atom. The van der Waals surface area contributed by atoms with Crippen LogP contribution in [0, 0.1) is 5.41 Å². The molecule has 0 spiro atoms. The molecule has 3 nitrogen and oxygen atoms in total. The van der Waals surface area contributed by atoms with Gasteiger partial charge in [-0.25, -0.2) is 0 Å². The third-order valence-corrected chi connectivity index (χ3v) is 5.26. The number of hydrogen-bond acceptors (Lipinski definition) is 4. The summed E-state index contributed by atoms with van der Waals surface area (Å²) in [5.74, 6) is 1.09. The summed E-state index contributed by atoms with van der Waals surface area (Å²) in [4.78, 5) is 14.7. The number of hydrogen-bond donors (Lipinski definition) is 0. The predicted octanol–water partition coefficient (Wildman–Crippen LogP) is 3.43. The smallest absolute Gasteiger partial charge is 0.229 e. The van der Waals surface area contributed by atoms with Gasteiger partial charge in [0.25, 0.3) is 0 Å². The second kappa shape index (κ2) is 6.50. The van der Waals surface area contributed by atoms with Crippen LogP contribution in [0.4, 0.5) is 0 Å². The van der Waals surface area contributed by atoms with Crippen LogP contribution in [0.15, 0.2) is 16.8 Å². The molecule has 0 N–H and O–H groups in total. The number of nitrogens with zero attached hydrogens (tertiary/aromatic N) is 1. The topological polar surface area (TPSA) is 29.5 Å². The van der Waals surface area contributed by atoms with Crippen LogP contribution >= 0.6 is 23.1 Å². The Labute approximate surface area is 129 Å². The van der Waals surface area contributed by atoms with E-state index in [1.807, 2.05) is 31.9 Å². The van der Waals surface area contributed by atoms with E-state index in [0.29, 0.717) is 13.1 Å². The molecular formula is C15H23NO2S2. The minimum atomic E-state index is -0.310. The number of carbonyl (C=O) groups excluding carboxylic acids is 1. The van der Waals surface area contributed by atoms with Gasteiger partial charge < -0.3 is 9.64 Å². The SMILES string of the molecule is CSCC(C)(C)C(=O)N1CC(C)OC(c2ccsc2)C1. The lowest BCUT2D eigenvalue weighted by atomic mass is 9.93. The van der Waals surface area contributed by atoms with Crippen molar-refractivity contribution in [3.63, 3.8) is 0 Å². The normalized spacial score (nSPS) is 23.9. The first-order valence-corrected chi connectivity index (χ1v) is 9.23. The van der Waals surface area contributed by atoms with E-state index >= 15 is 0 Å². The molecule has 0 radical (unpaired) electrons. The molecular weight excluding hydrogens is 290 g/mol. The molecule has 1 fully saturated rings. The summed E-state index contributed by atoms with van der Waals surface area (Å²) in [5.41, 5.74) is 0.873. The van der Waals surface area contributed by atoms with Crippen LogP contribution in [0.25, 0.3) is 0 Å². The van der Waals surface area contributed by atoms with E-state index in [1.54, 1.807) is 23.1 Å². The molecule has 1 aromatic heterocycles. The largest absolute Gasteiger partial charge is 0.367 e. The molecule has 112 valence electrons. The van der Waals surface area contributed by atoms with Crippen LogP contribution in [0.5, 0.6) is 0 Å². The lowest BCUT2D eigenvalue weighted by Crippen LogP contribution is -2.50. The highest BCUT2D eigenvalue weighted by Gasteiger charge is 2.36. The highest BCUT2D eigenvalue weighted by atomic mass is 32.2. The summed E-state index contributed by atoms with van der Waals surface area (Å²) in [7, 11) is 0. The summed E-state index contributed by atoms with van der Waals surface area (Å²) >= 11 is 3.39. The third-order valence-electron chi connectivity index (χ3n) is 3.55. The van der Waals surface area contributed by atoms with E-state index in [-0.39, 0.29) is 23.5 Å². The summed E-state index contributed by atoms with van der Waals surface area (Å²) in [6, 6.07) is 2.09. The quantitative estimate of drug-likeness (QED) is 0.853. The zero-order valence-electron chi connectivity index (χ0n) is 12.6. The van der Waals surface area contributed by atoms with Gasteiger partial charge in [0.1, 0.15) is 6.10 Å². The summed E-state index contributed by atoms with van der Waals surface area (Å²) in [5, 5.41) is 4.17. The van der Waals surface area contributed by atoms with Crippen LogP contribution in [-0.4, -0.2) is 42.0 Å². The summed E-state index contributed by atoms with van der Waals surface area (Å²) < 4.78 is 5.99. The van der Waals surface area contributed by atoms with Crippen LogP contribution in [0.1, 0.15) is 32.4 Å². The second-order valence-corrected chi connectivity index (χ2v) is 7.67. The monoisotopic (exact) mass is 313 g/mol. The fourth-order valence-electron chi connectivity index (χ4n) is 2.61. The van der Waals surface area contributed by atoms with Crippen molar-refractivity contribution < 1.29 is 9.53 Å². The fourth-order valence-corrected chi connectivity index (χ4v) is 4.16. The van der Waals surface area contributed by atoms with Crippen molar-refractivity contribution in [2.24, 2.45) is 5.41 Å². The zero-order valence-corrected chi connectivity index (χ0v) is 14.2. The molecule has 2 heterocycles. The van der Waals surface area contributed by atoms with Gasteiger partial charge in [-0.1, -0.05) is 13.8 Å². The van der Waals surface area contributed by atoms with E-state index in [2.05, 4.69) is 16.8 Å². The second-order valence-electron chi connectivity index (χ2n) is 6.02. The van der Waals surface area contributed by atoms with Gasteiger partial charge in [-0.15, -0.1) is 0 Å². The van der Waals surface area contributed by atoms with Crippen molar-refractivity contribution in [3.05, 3.63) is 22.4 Å². The maximum Gasteiger partial charge on any atom is 0.229 e. The molecule has 0 saturated carbocycles. The number of morpholine rings is 1. The van der Waals surface area contributed by atoms with Crippen molar-refractivity contribution >= 4 is 29.0 Å². The molecule has 1 aliphatic heterocycles. The molecule has 1 saturated heterocycles. The van der Waals surface area contributed by atoms with Crippen molar-refractivity contribution in [3.8, 4) is 0 Å². The van der Waals surface area contributed by atoms with Gasteiger partial charge in [0.05, 0.1) is 18.1 Å². The minimum absolute atomic E-state index is 0.0130. The lowest BCUT2D eigenvalue weighted by molar-refractivity contribution is -0.152. The Morgan fingerprint density at radius 1 is 1.55 bits per heavy atom. The molecule has 2 atom stereocenters. The number of ether oxygens (including phenoxy) is 1. The number of thioether (sulfide) groups is 1. The Morgan fingerprint density at radius 2 is 2.30 bits per heavy atom. The maximum atomic E-state index is 12.7. The lowest BCUT2D eigenvalue weighted by Gasteiger charge is -2.40. The van der Waals surface area contributed by atoms with Gasteiger partial charge in [0.15, 0.2) is 0 Å². The van der Waals surface area contributed by atoms with Crippen molar-refractivity contribution in [2.45, 2.75) is 33.0 Å². The van der Waals surface area contributed by atoms with E-state index in [4.69, 9.17) is 4.74 Å². The molecule has 0 aromatic carbocycles. The van der Waals surface area contributed by atoms with Gasteiger partial charge in [-0.2, -0.15) is 23.1 Å². The fraction of sp³-hybridized carbons (Fsp3) is 0.667. The number of rotatable bonds is 4. The zero-order chi connectivity index (χ0) is 14.8. The Bertz CT molecular complexity index is 445. The average Bonchev–Trinajstić information content (AvgIpc) is 2.91. The molecule has 5 heteroatoms. The molecule has 20 heavy (non-hydrogen) atoms. The minimum Gasteiger partial charge on any atom is -0.367 e. The number of carbonyl (C=O) groups is 1. The van der Waals surface area contributed by atoms with Crippen LogP contribution < -0.4 is 0 Å². The molecule has 2 unspecified atom stereocenters. The van der Waals surface area contributed by atoms with Crippen molar-refractivity contribution in [1.82, 2.24) is 4.90 Å². The Balaban J connectivity index is 2.10. The average molecular weight is 313 g/mol. The highest BCUT2D eigenvalue weighted by Crippen LogP contribution is 2.30. The van der Waals surface area contributed by atoms with E-state index < -0.39 is 0 Å². The number of amides is 1. The molecule has 1 amide bonds. The third kappa shape index (κ3) is 3.57. The van der Waals surface area contributed by atoms with E-state index in [9.17, 15) is 4.79 Å². The van der Waals surface area contributed by atoms with Crippen molar-refractivity contribution in [2.75, 3.05) is 25.1 Å². The first-order valence-electron chi connectivity index (χ1n) is 6.90. The highest BCUT2D eigenvalue weighted by molar-refractivity contribution is 7.98. The first kappa shape index (κ1) is 15.9. The standard InChI is InChI=1S/C15H23NO2S2/c1-11-7-16(14(17)15(2,3)10-19-4)8-13(18-11)12-5-6-20-9-12/h5-6,9,11,13H,7-8,10H2,1-4H3. The van der Waals surface area contributed by atoms with Crippen LogP contribution in [0.2, 0.25) is 0 Å². The summed E-state index contributed by atoms with van der Waals surface area (Å²) in [6.07, 6.45) is 2.15. The number of thiophene rings is 1. The Kier molecular flexibility index (Phi) is 5.15. The van der Waals surface area contributed by atoms with E-state index in [0.717, 1.165) is 5.75 Å². The summed E-state index contributed by atoms with van der Waals surface area (Å²) in [6.45, 7) is 7.46. The molecule has 0 aliphatic carbocycles. The van der Waals surface area contributed by atoms with Crippen molar-refractivity contribution in [1.29, 1.82) is 0 Å². The van der Waals surface area contributed by atoms with Gasteiger partial charge in [-0.05, 0) is 35.6 Å². The Hall–Kier alpha value is -0.520. The van der Waals surface area contributed by atoms with Gasteiger partial charge >= 0.3 is 0 Å².